The first-order chi connectivity index (χ1) is 7.18. The highest BCUT2D eigenvalue weighted by Gasteiger charge is 2.30. The van der Waals surface area contributed by atoms with Crippen LogP contribution in [-0.4, -0.2) is 10.8 Å². The Morgan fingerprint density at radius 1 is 1.60 bits per heavy atom. The maximum absolute atomic E-state index is 11.4. The smallest absolute Gasteiger partial charge is 0.135 e. The van der Waals surface area contributed by atoms with E-state index >= 15 is 0 Å². The molecule has 15 heavy (non-hydrogen) atoms. The number of hydrogen-bond donors (Lipinski definition) is 1. The standard InChI is InChI=1S/C12H16N2O/c1-8-9(2-3-12(8)15)6-10-7-14-5-4-11(10)13/h4-5,7-9H,2-3,6H2,1H3,(H2,13,14). The van der Waals surface area contributed by atoms with Crippen LogP contribution in [0.2, 0.25) is 0 Å². The summed E-state index contributed by atoms with van der Waals surface area (Å²) in [5.41, 5.74) is 7.72. The van der Waals surface area contributed by atoms with Crippen molar-refractivity contribution in [1.29, 1.82) is 0 Å². The minimum Gasteiger partial charge on any atom is -0.398 e. The number of rotatable bonds is 2. The van der Waals surface area contributed by atoms with Gasteiger partial charge < -0.3 is 5.73 Å². The molecular weight excluding hydrogens is 188 g/mol. The van der Waals surface area contributed by atoms with Gasteiger partial charge in [-0.2, -0.15) is 0 Å². The van der Waals surface area contributed by atoms with Crippen molar-refractivity contribution < 1.29 is 4.79 Å². The molecule has 1 heterocycles. The minimum atomic E-state index is 0.185. The first-order valence-electron chi connectivity index (χ1n) is 5.39. The lowest BCUT2D eigenvalue weighted by atomic mass is 9.91. The maximum Gasteiger partial charge on any atom is 0.135 e. The second-order valence-corrected chi connectivity index (χ2v) is 4.33. The Bertz CT molecular complexity index is 376. The van der Waals surface area contributed by atoms with Crippen LogP contribution in [0, 0.1) is 11.8 Å². The van der Waals surface area contributed by atoms with Crippen LogP contribution >= 0.6 is 0 Å². The number of anilines is 1. The number of aromatic nitrogens is 1. The minimum absolute atomic E-state index is 0.185. The van der Waals surface area contributed by atoms with Gasteiger partial charge in [0.25, 0.3) is 0 Å². The predicted octanol–water partition coefficient (Wildman–Crippen LogP) is 1.82. The number of pyridine rings is 1. The molecule has 1 saturated carbocycles. The lowest BCUT2D eigenvalue weighted by Crippen LogP contribution is -2.13. The van der Waals surface area contributed by atoms with Crippen molar-refractivity contribution >= 4 is 11.5 Å². The van der Waals surface area contributed by atoms with E-state index in [4.69, 9.17) is 5.73 Å². The summed E-state index contributed by atoms with van der Waals surface area (Å²) in [7, 11) is 0. The van der Waals surface area contributed by atoms with E-state index in [1.54, 1.807) is 6.20 Å². The Balaban J connectivity index is 2.10. The molecule has 0 spiro atoms. The van der Waals surface area contributed by atoms with E-state index in [0.29, 0.717) is 11.7 Å². The fraction of sp³-hybridized carbons (Fsp3) is 0.500. The first-order valence-corrected chi connectivity index (χ1v) is 5.39. The van der Waals surface area contributed by atoms with Crippen molar-refractivity contribution in [2.75, 3.05) is 5.73 Å². The van der Waals surface area contributed by atoms with Crippen molar-refractivity contribution in [3.63, 3.8) is 0 Å². The molecule has 0 bridgehead atoms. The molecule has 0 radical (unpaired) electrons. The summed E-state index contributed by atoms with van der Waals surface area (Å²) in [5.74, 6) is 1.02. The van der Waals surface area contributed by atoms with Crippen LogP contribution in [0.15, 0.2) is 18.5 Å². The summed E-state index contributed by atoms with van der Waals surface area (Å²) >= 11 is 0. The van der Waals surface area contributed by atoms with Gasteiger partial charge >= 0.3 is 0 Å². The van der Waals surface area contributed by atoms with Crippen LogP contribution in [-0.2, 0) is 11.2 Å². The summed E-state index contributed by atoms with van der Waals surface area (Å²) in [6, 6.07) is 1.82. The Morgan fingerprint density at radius 3 is 3.00 bits per heavy atom. The molecule has 2 atom stereocenters. The number of nitrogen functional groups attached to an aromatic ring is 1. The molecule has 3 heteroatoms. The van der Waals surface area contributed by atoms with E-state index in [-0.39, 0.29) is 5.92 Å². The number of ketones is 1. The van der Waals surface area contributed by atoms with Gasteiger partial charge in [0.15, 0.2) is 0 Å². The quantitative estimate of drug-likeness (QED) is 0.799. The molecule has 1 aromatic rings. The summed E-state index contributed by atoms with van der Waals surface area (Å²) < 4.78 is 0. The number of hydrogen-bond acceptors (Lipinski definition) is 3. The molecule has 0 amide bonds. The summed E-state index contributed by atoms with van der Waals surface area (Å²) in [6.07, 6.45) is 6.11. The molecule has 3 nitrogen and oxygen atoms in total. The third-order valence-corrected chi connectivity index (χ3v) is 3.40. The van der Waals surface area contributed by atoms with E-state index < -0.39 is 0 Å². The van der Waals surface area contributed by atoms with Crippen molar-refractivity contribution in [3.05, 3.63) is 24.0 Å². The zero-order valence-corrected chi connectivity index (χ0v) is 8.94. The Labute approximate surface area is 89.7 Å². The SMILES string of the molecule is CC1C(=O)CCC1Cc1cnccc1N. The largest absolute Gasteiger partial charge is 0.398 e. The van der Waals surface area contributed by atoms with Gasteiger partial charge in [0.1, 0.15) is 5.78 Å². The van der Waals surface area contributed by atoms with Gasteiger partial charge in [-0.05, 0) is 30.4 Å². The van der Waals surface area contributed by atoms with Gasteiger partial charge in [0.05, 0.1) is 0 Å². The van der Waals surface area contributed by atoms with Gasteiger partial charge in [-0.1, -0.05) is 6.92 Å². The van der Waals surface area contributed by atoms with Gasteiger partial charge in [-0.25, -0.2) is 0 Å². The van der Waals surface area contributed by atoms with E-state index in [0.717, 1.165) is 30.5 Å². The number of carbonyl (C=O) groups is 1. The average Bonchev–Trinajstić information content (AvgIpc) is 2.53. The molecule has 2 unspecified atom stereocenters. The highest BCUT2D eigenvalue weighted by atomic mass is 16.1. The second kappa shape index (κ2) is 4.01. The number of nitrogens with two attached hydrogens (primary N) is 1. The topological polar surface area (TPSA) is 56.0 Å². The molecule has 0 saturated heterocycles. The third kappa shape index (κ3) is 2.01. The van der Waals surface area contributed by atoms with E-state index in [2.05, 4.69) is 4.98 Å². The fourth-order valence-electron chi connectivity index (χ4n) is 2.24. The Morgan fingerprint density at radius 2 is 2.40 bits per heavy atom. The average molecular weight is 204 g/mol. The fourth-order valence-corrected chi connectivity index (χ4v) is 2.24. The van der Waals surface area contributed by atoms with Crippen LogP contribution in [0.3, 0.4) is 0 Å². The van der Waals surface area contributed by atoms with Gasteiger partial charge in [-0.15, -0.1) is 0 Å². The number of nitrogens with zero attached hydrogens (tertiary/aromatic N) is 1. The van der Waals surface area contributed by atoms with Crippen LogP contribution in [0.1, 0.15) is 25.3 Å². The molecular formula is C12H16N2O. The van der Waals surface area contributed by atoms with Crippen LogP contribution in [0.4, 0.5) is 5.69 Å². The van der Waals surface area contributed by atoms with E-state index in [9.17, 15) is 4.79 Å². The van der Waals surface area contributed by atoms with Crippen LogP contribution in [0.5, 0.6) is 0 Å². The number of carbonyl (C=O) groups excluding carboxylic acids is 1. The molecule has 0 aliphatic heterocycles. The van der Waals surface area contributed by atoms with Crippen molar-refractivity contribution in [3.8, 4) is 0 Å². The highest BCUT2D eigenvalue weighted by molar-refractivity contribution is 5.83. The van der Waals surface area contributed by atoms with Crippen molar-refractivity contribution in [2.24, 2.45) is 11.8 Å². The molecule has 1 aliphatic carbocycles. The van der Waals surface area contributed by atoms with Crippen LogP contribution < -0.4 is 5.73 Å². The molecule has 80 valence electrons. The highest BCUT2D eigenvalue weighted by Crippen LogP contribution is 2.32. The van der Waals surface area contributed by atoms with E-state index in [1.165, 1.54) is 0 Å². The van der Waals surface area contributed by atoms with Crippen molar-refractivity contribution in [1.82, 2.24) is 4.98 Å². The van der Waals surface area contributed by atoms with Crippen LogP contribution in [0.25, 0.3) is 0 Å². The van der Waals surface area contributed by atoms with E-state index in [1.807, 2.05) is 19.2 Å². The summed E-state index contributed by atoms with van der Waals surface area (Å²) in [5, 5.41) is 0. The lowest BCUT2D eigenvalue weighted by Gasteiger charge is -2.14. The normalized spacial score (nSPS) is 25.8. The summed E-state index contributed by atoms with van der Waals surface area (Å²) in [4.78, 5) is 15.5. The van der Waals surface area contributed by atoms with Gasteiger partial charge in [-0.3, -0.25) is 9.78 Å². The zero-order valence-electron chi connectivity index (χ0n) is 8.94. The Hall–Kier alpha value is -1.38. The van der Waals surface area contributed by atoms with Gasteiger partial charge in [0, 0.05) is 30.4 Å². The number of Topliss-reactive ketones (excluding diaryl/α,β-unsaturated/α-hetero) is 1. The molecule has 1 fully saturated rings. The Kier molecular flexibility index (Phi) is 2.71. The second-order valence-electron chi connectivity index (χ2n) is 4.33. The molecule has 0 aromatic carbocycles. The first kappa shape index (κ1) is 10.1. The lowest BCUT2D eigenvalue weighted by molar-refractivity contribution is -0.120. The molecule has 1 aromatic heterocycles. The predicted molar refractivity (Wildman–Crippen MR) is 59.2 cm³/mol. The third-order valence-electron chi connectivity index (χ3n) is 3.40. The molecule has 2 N–H and O–H groups in total. The monoisotopic (exact) mass is 204 g/mol. The zero-order chi connectivity index (χ0) is 10.8. The summed E-state index contributed by atoms with van der Waals surface area (Å²) in [6.45, 7) is 2.02. The van der Waals surface area contributed by atoms with Crippen molar-refractivity contribution in [2.45, 2.75) is 26.2 Å². The maximum atomic E-state index is 11.4. The van der Waals surface area contributed by atoms with Gasteiger partial charge in [0.2, 0.25) is 0 Å². The molecule has 2 rings (SSSR count). The molecule has 1 aliphatic rings.